The molecule has 0 bridgehead atoms. The van der Waals surface area contributed by atoms with Crippen LogP contribution < -0.4 is 10.6 Å². The van der Waals surface area contributed by atoms with Crippen molar-refractivity contribution in [1.82, 2.24) is 20.8 Å². The zero-order chi connectivity index (χ0) is 16.8. The summed E-state index contributed by atoms with van der Waals surface area (Å²) in [4.78, 5) is 8.85. The first-order valence-corrected chi connectivity index (χ1v) is 8.69. The first kappa shape index (κ1) is 20.9. The van der Waals surface area contributed by atoms with Gasteiger partial charge in [0.05, 0.1) is 17.9 Å². The number of guanidine groups is 1. The molecular formula is C16H26IN5OS. The van der Waals surface area contributed by atoms with E-state index in [1.54, 1.807) is 18.4 Å². The summed E-state index contributed by atoms with van der Waals surface area (Å²) in [5.41, 5.74) is 3.26. The van der Waals surface area contributed by atoms with Crippen LogP contribution in [0.4, 0.5) is 0 Å². The molecule has 0 saturated carbocycles. The summed E-state index contributed by atoms with van der Waals surface area (Å²) in [5, 5.41) is 13.8. The van der Waals surface area contributed by atoms with Crippen molar-refractivity contribution in [1.29, 1.82) is 0 Å². The number of hydrogen-bond donors (Lipinski definition) is 2. The summed E-state index contributed by atoms with van der Waals surface area (Å²) < 4.78 is 5.18. The maximum atomic E-state index is 5.18. The molecule has 134 valence electrons. The second kappa shape index (κ2) is 9.97. The van der Waals surface area contributed by atoms with Crippen LogP contribution in [0.25, 0.3) is 0 Å². The molecule has 0 aliphatic heterocycles. The molecule has 0 amide bonds. The van der Waals surface area contributed by atoms with Crippen LogP contribution in [0.5, 0.6) is 0 Å². The molecule has 0 unspecified atom stereocenters. The maximum Gasteiger partial charge on any atom is 0.191 e. The molecule has 0 aliphatic rings. The van der Waals surface area contributed by atoms with E-state index in [-0.39, 0.29) is 24.0 Å². The van der Waals surface area contributed by atoms with E-state index >= 15 is 0 Å². The molecule has 2 N–H and O–H groups in total. The van der Waals surface area contributed by atoms with Gasteiger partial charge < -0.3 is 15.2 Å². The molecule has 0 spiro atoms. The summed E-state index contributed by atoms with van der Waals surface area (Å²) in [5.74, 6) is 2.13. The highest BCUT2D eigenvalue weighted by Gasteiger charge is 2.09. The minimum atomic E-state index is 0. The van der Waals surface area contributed by atoms with E-state index in [9.17, 15) is 0 Å². The second-order valence-electron chi connectivity index (χ2n) is 5.73. The predicted octanol–water partition coefficient (Wildman–Crippen LogP) is 3.40. The van der Waals surface area contributed by atoms with E-state index in [2.05, 4.69) is 45.0 Å². The Balaban J connectivity index is 0.00000288. The Morgan fingerprint density at radius 3 is 2.62 bits per heavy atom. The number of halogens is 1. The molecule has 0 aliphatic carbocycles. The number of nitrogens with zero attached hydrogens (tertiary/aromatic N) is 3. The van der Waals surface area contributed by atoms with E-state index in [1.165, 1.54) is 0 Å². The number of rotatable bonds is 6. The molecule has 2 heterocycles. The van der Waals surface area contributed by atoms with Crippen LogP contribution in [-0.2, 0) is 13.0 Å². The van der Waals surface area contributed by atoms with Crippen LogP contribution in [0.15, 0.2) is 14.9 Å². The molecule has 8 heteroatoms. The van der Waals surface area contributed by atoms with Crippen molar-refractivity contribution in [3.8, 4) is 0 Å². The summed E-state index contributed by atoms with van der Waals surface area (Å²) in [7, 11) is 1.77. The molecule has 0 aromatic carbocycles. The number of aryl methyl sites for hydroxylation is 2. The number of aromatic nitrogens is 2. The monoisotopic (exact) mass is 463 g/mol. The maximum absolute atomic E-state index is 5.18. The zero-order valence-electron chi connectivity index (χ0n) is 14.8. The Labute approximate surface area is 164 Å². The van der Waals surface area contributed by atoms with Gasteiger partial charge >= 0.3 is 0 Å². The highest BCUT2D eigenvalue weighted by Crippen LogP contribution is 2.17. The molecule has 0 atom stereocenters. The fraction of sp³-hybridized carbons (Fsp3) is 0.562. The average molecular weight is 463 g/mol. The summed E-state index contributed by atoms with van der Waals surface area (Å²) in [6.07, 6.45) is 0.858. The van der Waals surface area contributed by atoms with Crippen molar-refractivity contribution in [3.63, 3.8) is 0 Å². The van der Waals surface area contributed by atoms with Crippen molar-refractivity contribution in [3.05, 3.63) is 33.1 Å². The van der Waals surface area contributed by atoms with Gasteiger partial charge in [0, 0.05) is 24.5 Å². The average Bonchev–Trinajstić information content (AvgIpc) is 3.12. The van der Waals surface area contributed by atoms with Crippen molar-refractivity contribution >= 4 is 41.3 Å². The normalized spacial score (nSPS) is 11.5. The van der Waals surface area contributed by atoms with Gasteiger partial charge in [-0.2, -0.15) is 0 Å². The van der Waals surface area contributed by atoms with Crippen molar-refractivity contribution < 1.29 is 4.52 Å². The Hall–Kier alpha value is -1.16. The zero-order valence-corrected chi connectivity index (χ0v) is 18.0. The Kier molecular flexibility index (Phi) is 8.68. The van der Waals surface area contributed by atoms with Crippen molar-refractivity contribution in [2.45, 2.75) is 46.6 Å². The second-order valence-corrected chi connectivity index (χ2v) is 6.67. The van der Waals surface area contributed by atoms with Crippen LogP contribution in [0.2, 0.25) is 0 Å². The standard InChI is InChI=1S/C16H25N5OS.HI/c1-10(2)14-9-23-15(20-14)8-19-16(17-5)18-7-6-13-11(3)21-22-12(13)4;/h9-10H,6-8H2,1-5H3,(H2,17,18,19);1H. The van der Waals surface area contributed by atoms with E-state index in [0.29, 0.717) is 12.5 Å². The van der Waals surface area contributed by atoms with Crippen LogP contribution in [0.1, 0.15) is 47.5 Å². The molecular weight excluding hydrogens is 437 g/mol. The van der Waals surface area contributed by atoms with Gasteiger partial charge in [-0.15, -0.1) is 35.3 Å². The molecule has 6 nitrogen and oxygen atoms in total. The lowest BCUT2D eigenvalue weighted by atomic mass is 10.1. The number of aliphatic imine (C=N–C) groups is 1. The van der Waals surface area contributed by atoms with E-state index in [0.717, 1.165) is 46.6 Å². The number of hydrogen-bond acceptors (Lipinski definition) is 5. The first-order chi connectivity index (χ1) is 11.0. The third-order valence-electron chi connectivity index (χ3n) is 3.64. The van der Waals surface area contributed by atoms with Crippen molar-refractivity contribution in [2.24, 2.45) is 4.99 Å². The van der Waals surface area contributed by atoms with Gasteiger partial charge in [-0.1, -0.05) is 19.0 Å². The summed E-state index contributed by atoms with van der Waals surface area (Å²) in [6.45, 7) is 9.67. The number of nitrogens with one attached hydrogen (secondary N) is 2. The van der Waals surface area contributed by atoms with E-state index in [1.807, 2.05) is 13.8 Å². The minimum Gasteiger partial charge on any atom is -0.361 e. The van der Waals surface area contributed by atoms with Gasteiger partial charge in [0.15, 0.2) is 5.96 Å². The molecule has 2 rings (SSSR count). The minimum absolute atomic E-state index is 0. The van der Waals surface area contributed by atoms with Crippen molar-refractivity contribution in [2.75, 3.05) is 13.6 Å². The quantitative estimate of drug-likeness (QED) is 0.390. The topological polar surface area (TPSA) is 75.3 Å². The van der Waals surface area contributed by atoms with Crippen LogP contribution >= 0.6 is 35.3 Å². The van der Waals surface area contributed by atoms with Crippen LogP contribution in [0, 0.1) is 13.8 Å². The lowest BCUT2D eigenvalue weighted by Gasteiger charge is -2.10. The van der Waals surface area contributed by atoms with Gasteiger partial charge in [0.2, 0.25) is 0 Å². The Morgan fingerprint density at radius 1 is 1.33 bits per heavy atom. The van der Waals surface area contributed by atoms with Gasteiger partial charge in [0.1, 0.15) is 10.8 Å². The lowest BCUT2D eigenvalue weighted by Crippen LogP contribution is -2.37. The molecule has 0 fully saturated rings. The van der Waals surface area contributed by atoms with Gasteiger partial charge in [-0.05, 0) is 26.2 Å². The van der Waals surface area contributed by atoms with Crippen LogP contribution in [0.3, 0.4) is 0 Å². The summed E-state index contributed by atoms with van der Waals surface area (Å²) >= 11 is 1.68. The fourth-order valence-electron chi connectivity index (χ4n) is 2.22. The highest BCUT2D eigenvalue weighted by atomic mass is 127. The molecule has 0 radical (unpaired) electrons. The molecule has 0 saturated heterocycles. The number of thiazole rings is 1. The fourth-order valence-corrected chi connectivity index (χ4v) is 3.11. The molecule has 24 heavy (non-hydrogen) atoms. The molecule has 2 aromatic rings. The van der Waals surface area contributed by atoms with Gasteiger partial charge in [-0.25, -0.2) is 4.98 Å². The lowest BCUT2D eigenvalue weighted by molar-refractivity contribution is 0.392. The molecule has 2 aromatic heterocycles. The third-order valence-corrected chi connectivity index (χ3v) is 4.51. The predicted molar refractivity (Wildman–Crippen MR) is 110 cm³/mol. The largest absolute Gasteiger partial charge is 0.361 e. The SMILES string of the molecule is CN=C(NCCc1c(C)noc1C)NCc1nc(C(C)C)cs1.I. The van der Waals surface area contributed by atoms with E-state index in [4.69, 9.17) is 4.52 Å². The Bertz CT molecular complexity index is 646. The van der Waals surface area contributed by atoms with Gasteiger partial charge in [-0.3, -0.25) is 4.99 Å². The highest BCUT2D eigenvalue weighted by molar-refractivity contribution is 14.0. The summed E-state index contributed by atoms with van der Waals surface area (Å²) in [6, 6.07) is 0. The third kappa shape index (κ3) is 5.73. The smallest absolute Gasteiger partial charge is 0.191 e. The first-order valence-electron chi connectivity index (χ1n) is 7.81. The van der Waals surface area contributed by atoms with E-state index < -0.39 is 0 Å². The van der Waals surface area contributed by atoms with Gasteiger partial charge in [0.25, 0.3) is 0 Å². The van der Waals surface area contributed by atoms with Crippen LogP contribution in [-0.4, -0.2) is 29.7 Å². The Morgan fingerprint density at radius 2 is 2.08 bits per heavy atom.